The standard InChI is InChI=1S/C10H22P2S/c1-7(5-11)9(13)8-3-4-10(8,2)6-12/h7-9,13H,3-6,11-12H2,1-2H3. The molecule has 0 saturated heterocycles. The summed E-state index contributed by atoms with van der Waals surface area (Å²) in [7, 11) is 5.73. The summed E-state index contributed by atoms with van der Waals surface area (Å²) in [6.45, 7) is 4.72. The fraction of sp³-hybridized carbons (Fsp3) is 1.00. The van der Waals surface area contributed by atoms with Gasteiger partial charge in [0.05, 0.1) is 0 Å². The monoisotopic (exact) mass is 236 g/mol. The molecule has 0 nitrogen and oxygen atoms in total. The van der Waals surface area contributed by atoms with E-state index in [0.717, 1.165) is 11.8 Å². The van der Waals surface area contributed by atoms with Gasteiger partial charge in [0.1, 0.15) is 0 Å². The van der Waals surface area contributed by atoms with Gasteiger partial charge in [-0.1, -0.05) is 13.8 Å². The normalized spacial score (nSPS) is 38.1. The zero-order valence-electron chi connectivity index (χ0n) is 8.66. The lowest BCUT2D eigenvalue weighted by atomic mass is 9.59. The summed E-state index contributed by atoms with van der Waals surface area (Å²) >= 11 is 4.78. The van der Waals surface area contributed by atoms with E-state index in [1.165, 1.54) is 25.2 Å². The molecular formula is C10H22P2S. The summed E-state index contributed by atoms with van der Waals surface area (Å²) in [5.41, 5.74) is 0.561. The largest absolute Gasteiger partial charge is 0.175 e. The lowest BCUT2D eigenvalue weighted by Gasteiger charge is -2.51. The molecule has 0 heterocycles. The fourth-order valence-electron chi connectivity index (χ4n) is 2.18. The van der Waals surface area contributed by atoms with Gasteiger partial charge in [0.15, 0.2) is 0 Å². The van der Waals surface area contributed by atoms with Crippen LogP contribution < -0.4 is 0 Å². The van der Waals surface area contributed by atoms with Crippen molar-refractivity contribution < 1.29 is 0 Å². The minimum atomic E-state index is 0.561. The number of thiol groups is 1. The van der Waals surface area contributed by atoms with Gasteiger partial charge in [0.2, 0.25) is 0 Å². The van der Waals surface area contributed by atoms with Crippen LogP contribution in [0.5, 0.6) is 0 Å². The van der Waals surface area contributed by atoms with Crippen molar-refractivity contribution in [2.45, 2.75) is 31.9 Å². The topological polar surface area (TPSA) is 0 Å². The maximum Gasteiger partial charge on any atom is 0.00792 e. The molecule has 0 aliphatic heterocycles. The average Bonchev–Trinajstić information content (AvgIpc) is 2.13. The molecule has 3 heteroatoms. The van der Waals surface area contributed by atoms with E-state index in [4.69, 9.17) is 12.6 Å². The second-order valence-corrected chi connectivity index (χ2v) is 6.18. The molecule has 6 unspecified atom stereocenters. The predicted octanol–water partition coefficient (Wildman–Crippen LogP) is 3.09. The summed E-state index contributed by atoms with van der Waals surface area (Å²) in [4.78, 5) is 0. The van der Waals surface area contributed by atoms with Crippen LogP contribution in [0.25, 0.3) is 0 Å². The highest BCUT2D eigenvalue weighted by Gasteiger charge is 2.45. The lowest BCUT2D eigenvalue weighted by Crippen LogP contribution is -2.46. The van der Waals surface area contributed by atoms with Crippen LogP contribution in [0.2, 0.25) is 0 Å². The van der Waals surface area contributed by atoms with Gasteiger partial charge in [0.25, 0.3) is 0 Å². The van der Waals surface area contributed by atoms with Crippen LogP contribution in [0.15, 0.2) is 0 Å². The molecule has 0 aromatic carbocycles. The van der Waals surface area contributed by atoms with E-state index in [2.05, 4.69) is 32.3 Å². The molecule has 1 aliphatic carbocycles. The Bertz CT molecular complexity index is 170. The van der Waals surface area contributed by atoms with Crippen LogP contribution in [0, 0.1) is 17.3 Å². The van der Waals surface area contributed by atoms with Gasteiger partial charge < -0.3 is 0 Å². The molecule has 0 radical (unpaired) electrons. The third-order valence-corrected chi connectivity index (χ3v) is 6.30. The first-order valence-electron chi connectivity index (χ1n) is 5.13. The Morgan fingerprint density at radius 2 is 2.15 bits per heavy atom. The third-order valence-electron chi connectivity index (χ3n) is 3.75. The lowest BCUT2D eigenvalue weighted by molar-refractivity contribution is 0.0659. The summed E-state index contributed by atoms with van der Waals surface area (Å²) in [5.74, 6) is 1.57. The molecule has 0 aromatic heterocycles. The van der Waals surface area contributed by atoms with Crippen molar-refractivity contribution in [1.82, 2.24) is 0 Å². The van der Waals surface area contributed by atoms with Gasteiger partial charge >= 0.3 is 0 Å². The van der Waals surface area contributed by atoms with E-state index >= 15 is 0 Å². The summed E-state index contributed by atoms with van der Waals surface area (Å²) < 4.78 is 0. The molecule has 1 rings (SSSR count). The van der Waals surface area contributed by atoms with Crippen molar-refractivity contribution in [1.29, 1.82) is 0 Å². The molecule has 1 saturated carbocycles. The number of hydrogen-bond donors (Lipinski definition) is 1. The molecule has 1 fully saturated rings. The van der Waals surface area contributed by atoms with Crippen molar-refractivity contribution in [3.8, 4) is 0 Å². The first kappa shape index (κ1) is 12.3. The first-order chi connectivity index (χ1) is 6.05. The zero-order valence-corrected chi connectivity index (χ0v) is 11.9. The number of hydrogen-bond acceptors (Lipinski definition) is 1. The van der Waals surface area contributed by atoms with Gasteiger partial charge in [0, 0.05) is 5.25 Å². The second-order valence-electron chi connectivity index (χ2n) is 4.71. The Kier molecular flexibility index (Phi) is 4.55. The third kappa shape index (κ3) is 2.42. The first-order valence-corrected chi connectivity index (χ1v) is 7.28. The van der Waals surface area contributed by atoms with E-state index < -0.39 is 0 Å². The number of rotatable bonds is 4. The highest BCUT2D eigenvalue weighted by Crippen LogP contribution is 2.52. The molecular weight excluding hydrogens is 214 g/mol. The van der Waals surface area contributed by atoms with Gasteiger partial charge in [-0.05, 0) is 42.4 Å². The maximum atomic E-state index is 4.78. The maximum absolute atomic E-state index is 4.78. The minimum Gasteiger partial charge on any atom is -0.175 e. The molecule has 0 N–H and O–H groups in total. The van der Waals surface area contributed by atoms with Crippen LogP contribution >= 0.6 is 31.1 Å². The van der Waals surface area contributed by atoms with Crippen LogP contribution in [0.1, 0.15) is 26.7 Å². The average molecular weight is 236 g/mol. The molecule has 78 valence electrons. The zero-order chi connectivity index (χ0) is 10.1. The Morgan fingerprint density at radius 1 is 1.54 bits per heavy atom. The van der Waals surface area contributed by atoms with E-state index in [0.29, 0.717) is 10.7 Å². The fourth-order valence-corrected chi connectivity index (χ4v) is 3.84. The molecule has 6 atom stereocenters. The Morgan fingerprint density at radius 3 is 2.46 bits per heavy atom. The van der Waals surface area contributed by atoms with E-state index in [-0.39, 0.29) is 0 Å². The quantitative estimate of drug-likeness (QED) is 0.563. The summed E-state index contributed by atoms with van der Waals surface area (Å²) in [5, 5.41) is 0.594. The van der Waals surface area contributed by atoms with Crippen LogP contribution in [0.3, 0.4) is 0 Å². The van der Waals surface area contributed by atoms with E-state index in [1.807, 2.05) is 0 Å². The molecule has 1 aliphatic rings. The van der Waals surface area contributed by atoms with Gasteiger partial charge in [-0.15, -0.1) is 18.5 Å². The van der Waals surface area contributed by atoms with Crippen molar-refractivity contribution in [3.63, 3.8) is 0 Å². The summed E-state index contributed by atoms with van der Waals surface area (Å²) in [6, 6.07) is 0. The Labute approximate surface area is 92.8 Å². The van der Waals surface area contributed by atoms with Crippen molar-refractivity contribution in [2.75, 3.05) is 12.3 Å². The molecule has 0 spiro atoms. The van der Waals surface area contributed by atoms with Crippen molar-refractivity contribution in [2.24, 2.45) is 17.3 Å². The van der Waals surface area contributed by atoms with Gasteiger partial charge in [-0.25, -0.2) is 0 Å². The smallest absolute Gasteiger partial charge is 0.00792 e. The molecule has 0 bridgehead atoms. The Balaban J connectivity index is 2.53. The highest BCUT2D eigenvalue weighted by molar-refractivity contribution is 7.81. The van der Waals surface area contributed by atoms with Crippen LogP contribution in [0.4, 0.5) is 0 Å². The predicted molar refractivity (Wildman–Crippen MR) is 71.9 cm³/mol. The van der Waals surface area contributed by atoms with E-state index in [1.54, 1.807) is 0 Å². The molecule has 13 heavy (non-hydrogen) atoms. The van der Waals surface area contributed by atoms with Crippen molar-refractivity contribution >= 4 is 31.1 Å². The van der Waals surface area contributed by atoms with E-state index in [9.17, 15) is 0 Å². The second kappa shape index (κ2) is 4.82. The minimum absolute atomic E-state index is 0.561. The Hall–Kier alpha value is 1.21. The van der Waals surface area contributed by atoms with Gasteiger partial charge in [-0.2, -0.15) is 12.6 Å². The SMILES string of the molecule is CC(CP)C(S)C1CCC1(C)CP. The highest BCUT2D eigenvalue weighted by atomic mass is 32.1. The van der Waals surface area contributed by atoms with Crippen molar-refractivity contribution in [3.05, 3.63) is 0 Å². The summed E-state index contributed by atoms with van der Waals surface area (Å²) in [6.07, 6.45) is 5.19. The van der Waals surface area contributed by atoms with Gasteiger partial charge in [-0.3, -0.25) is 0 Å². The van der Waals surface area contributed by atoms with Crippen LogP contribution in [-0.4, -0.2) is 17.6 Å². The molecule has 0 aromatic rings. The molecule has 0 amide bonds. The van der Waals surface area contributed by atoms with Crippen LogP contribution in [-0.2, 0) is 0 Å².